The molecule has 76 valence electrons. The number of aliphatic hydroxyl groups is 1. The van der Waals surface area contributed by atoms with Crippen molar-refractivity contribution in [1.82, 2.24) is 4.98 Å². The molecule has 0 atom stereocenters. The van der Waals surface area contributed by atoms with E-state index in [1.165, 1.54) is 0 Å². The fourth-order valence-electron chi connectivity index (χ4n) is 1.59. The van der Waals surface area contributed by atoms with Crippen molar-refractivity contribution in [3.05, 3.63) is 35.3 Å². The zero-order valence-corrected chi connectivity index (χ0v) is 8.15. The average molecular weight is 203 g/mol. The quantitative estimate of drug-likeness (QED) is 0.696. The van der Waals surface area contributed by atoms with Crippen molar-refractivity contribution in [3.8, 4) is 0 Å². The number of carbonyl (C=O) groups excluding carboxylic acids is 2. The van der Waals surface area contributed by atoms with Gasteiger partial charge in [-0.1, -0.05) is 0 Å². The number of ketones is 2. The molecule has 1 aromatic rings. The summed E-state index contributed by atoms with van der Waals surface area (Å²) in [6, 6.07) is 3.27. The maximum absolute atomic E-state index is 11.4. The van der Waals surface area contributed by atoms with Gasteiger partial charge in [-0.15, -0.1) is 0 Å². The molecule has 0 fully saturated rings. The zero-order valence-electron chi connectivity index (χ0n) is 8.15. The molecule has 0 aliphatic heterocycles. The Labute approximate surface area is 86.3 Å². The molecule has 1 aliphatic carbocycles. The summed E-state index contributed by atoms with van der Waals surface area (Å²) in [6.45, 7) is 1.78. The van der Waals surface area contributed by atoms with Crippen LogP contribution in [0.25, 0.3) is 5.57 Å². The molecule has 4 heteroatoms. The van der Waals surface area contributed by atoms with E-state index in [-0.39, 0.29) is 17.8 Å². The molecule has 1 N–H and O–H groups in total. The number of allylic oxidation sites excluding steroid dienone is 2. The highest BCUT2D eigenvalue weighted by Gasteiger charge is 2.31. The molecular weight excluding hydrogens is 194 g/mol. The number of aromatic nitrogens is 1. The summed E-state index contributed by atoms with van der Waals surface area (Å²) >= 11 is 0. The highest BCUT2D eigenvalue weighted by atomic mass is 16.3. The topological polar surface area (TPSA) is 67.3 Å². The Hall–Kier alpha value is -1.97. The first-order valence-corrected chi connectivity index (χ1v) is 4.52. The van der Waals surface area contributed by atoms with E-state index in [9.17, 15) is 14.7 Å². The van der Waals surface area contributed by atoms with Crippen molar-refractivity contribution in [3.63, 3.8) is 0 Å². The van der Waals surface area contributed by atoms with Crippen molar-refractivity contribution >= 4 is 17.1 Å². The summed E-state index contributed by atoms with van der Waals surface area (Å²) in [6.07, 6.45) is 1.31. The van der Waals surface area contributed by atoms with Crippen LogP contribution in [-0.4, -0.2) is 21.7 Å². The predicted molar refractivity (Wildman–Crippen MR) is 53.2 cm³/mol. The number of rotatable bonds is 1. The Kier molecular flexibility index (Phi) is 2.11. The maximum Gasteiger partial charge on any atom is 0.205 e. The highest BCUT2D eigenvalue weighted by molar-refractivity contribution is 6.37. The first kappa shape index (κ1) is 9.58. The molecule has 0 radical (unpaired) electrons. The van der Waals surface area contributed by atoms with Crippen LogP contribution in [0.4, 0.5) is 0 Å². The Balaban J connectivity index is 2.56. The average Bonchev–Trinajstić information content (AvgIpc) is 2.41. The van der Waals surface area contributed by atoms with Gasteiger partial charge in [0.15, 0.2) is 11.5 Å². The minimum absolute atomic E-state index is 0.116. The van der Waals surface area contributed by atoms with E-state index in [4.69, 9.17) is 0 Å². The van der Waals surface area contributed by atoms with Crippen LogP contribution in [-0.2, 0) is 9.59 Å². The molecule has 1 heterocycles. The Morgan fingerprint density at radius 2 is 2.07 bits per heavy atom. The number of Topliss-reactive ketones (excluding diaryl/α,β-unsaturated/α-hetero) is 2. The van der Waals surface area contributed by atoms with E-state index >= 15 is 0 Å². The molecule has 2 rings (SSSR count). The minimum atomic E-state index is -0.510. The summed E-state index contributed by atoms with van der Waals surface area (Å²) in [5.74, 6) is -1.27. The van der Waals surface area contributed by atoms with Gasteiger partial charge >= 0.3 is 0 Å². The third-order valence-electron chi connectivity index (χ3n) is 2.29. The van der Waals surface area contributed by atoms with Crippen LogP contribution in [0, 0.1) is 6.92 Å². The van der Waals surface area contributed by atoms with Crippen LogP contribution < -0.4 is 0 Å². The third-order valence-corrected chi connectivity index (χ3v) is 2.29. The third kappa shape index (κ3) is 1.54. The standard InChI is InChI=1S/C11H9NO3/c1-6-4-7(2-3-12-6)10-8(13)5-9(14)11(10)15/h2-4,15H,5H2,1H3. The first-order chi connectivity index (χ1) is 7.09. The van der Waals surface area contributed by atoms with Crippen molar-refractivity contribution in [1.29, 1.82) is 0 Å². The molecule has 15 heavy (non-hydrogen) atoms. The molecular formula is C11H9NO3. The number of aryl methyl sites for hydroxylation is 1. The Morgan fingerprint density at radius 1 is 1.33 bits per heavy atom. The van der Waals surface area contributed by atoms with Gasteiger partial charge in [0.2, 0.25) is 5.78 Å². The second-order valence-corrected chi connectivity index (χ2v) is 3.43. The highest BCUT2D eigenvalue weighted by Crippen LogP contribution is 2.27. The van der Waals surface area contributed by atoms with E-state index < -0.39 is 11.5 Å². The van der Waals surface area contributed by atoms with Gasteiger partial charge in [-0.25, -0.2) is 0 Å². The Morgan fingerprint density at radius 3 is 2.60 bits per heavy atom. The second-order valence-electron chi connectivity index (χ2n) is 3.43. The molecule has 0 bridgehead atoms. The maximum atomic E-state index is 11.4. The zero-order chi connectivity index (χ0) is 11.0. The molecule has 4 nitrogen and oxygen atoms in total. The minimum Gasteiger partial charge on any atom is -0.504 e. The molecule has 0 unspecified atom stereocenters. The second kappa shape index (κ2) is 3.31. The molecule has 0 amide bonds. The number of hydrogen-bond donors (Lipinski definition) is 1. The van der Waals surface area contributed by atoms with Crippen molar-refractivity contribution < 1.29 is 14.7 Å². The number of nitrogens with zero attached hydrogens (tertiary/aromatic N) is 1. The van der Waals surface area contributed by atoms with Gasteiger partial charge in [-0.2, -0.15) is 0 Å². The van der Waals surface area contributed by atoms with Crippen LogP contribution in [0.1, 0.15) is 17.7 Å². The van der Waals surface area contributed by atoms with Crippen molar-refractivity contribution in [2.75, 3.05) is 0 Å². The number of hydrogen-bond acceptors (Lipinski definition) is 4. The van der Waals surface area contributed by atoms with Gasteiger partial charge in [-0.3, -0.25) is 14.6 Å². The number of aliphatic hydroxyl groups excluding tert-OH is 1. The molecule has 1 aliphatic rings. The fraction of sp³-hybridized carbons (Fsp3) is 0.182. The monoisotopic (exact) mass is 203 g/mol. The van der Waals surface area contributed by atoms with Gasteiger partial charge in [0.1, 0.15) is 0 Å². The van der Waals surface area contributed by atoms with Gasteiger partial charge in [0, 0.05) is 11.9 Å². The normalized spacial score (nSPS) is 16.3. The number of pyridine rings is 1. The summed E-state index contributed by atoms with van der Waals surface area (Å²) in [5, 5.41) is 9.46. The van der Waals surface area contributed by atoms with E-state index in [1.54, 1.807) is 25.3 Å². The SMILES string of the molecule is Cc1cc(C2=C(O)C(=O)CC2=O)ccn1. The summed E-state index contributed by atoms with van der Waals surface area (Å²) < 4.78 is 0. The van der Waals surface area contributed by atoms with Crippen molar-refractivity contribution in [2.45, 2.75) is 13.3 Å². The molecule has 0 spiro atoms. The Bertz CT molecular complexity index is 488. The molecule has 0 aromatic carbocycles. The van der Waals surface area contributed by atoms with E-state index in [2.05, 4.69) is 4.98 Å². The van der Waals surface area contributed by atoms with E-state index in [1.807, 2.05) is 0 Å². The largest absolute Gasteiger partial charge is 0.504 e. The first-order valence-electron chi connectivity index (χ1n) is 4.52. The summed E-state index contributed by atoms with van der Waals surface area (Å²) in [4.78, 5) is 26.5. The molecule has 0 saturated carbocycles. The van der Waals surface area contributed by atoms with Gasteiger partial charge in [0.25, 0.3) is 0 Å². The van der Waals surface area contributed by atoms with Crippen molar-refractivity contribution in [2.24, 2.45) is 0 Å². The lowest BCUT2D eigenvalue weighted by Crippen LogP contribution is -1.97. The van der Waals surface area contributed by atoms with Crippen LogP contribution >= 0.6 is 0 Å². The van der Waals surface area contributed by atoms with Gasteiger partial charge < -0.3 is 5.11 Å². The predicted octanol–water partition coefficient (Wildman–Crippen LogP) is 1.20. The lowest BCUT2D eigenvalue weighted by Gasteiger charge is -2.01. The van der Waals surface area contributed by atoms with E-state index in [0.29, 0.717) is 5.56 Å². The van der Waals surface area contributed by atoms with Crippen LogP contribution in [0.2, 0.25) is 0 Å². The van der Waals surface area contributed by atoms with Gasteiger partial charge in [-0.05, 0) is 24.6 Å². The smallest absolute Gasteiger partial charge is 0.205 e. The van der Waals surface area contributed by atoms with Gasteiger partial charge in [0.05, 0.1) is 12.0 Å². The number of carbonyl (C=O) groups is 2. The molecule has 1 aromatic heterocycles. The molecule has 0 saturated heterocycles. The lowest BCUT2D eigenvalue weighted by molar-refractivity contribution is -0.121. The summed E-state index contributed by atoms with van der Waals surface area (Å²) in [5.41, 5.74) is 1.40. The van der Waals surface area contributed by atoms with Crippen LogP contribution in [0.5, 0.6) is 0 Å². The van der Waals surface area contributed by atoms with Crippen LogP contribution in [0.15, 0.2) is 24.1 Å². The van der Waals surface area contributed by atoms with E-state index in [0.717, 1.165) is 5.69 Å². The lowest BCUT2D eigenvalue weighted by atomic mass is 10.0. The summed E-state index contributed by atoms with van der Waals surface area (Å²) in [7, 11) is 0. The fourth-order valence-corrected chi connectivity index (χ4v) is 1.59. The van der Waals surface area contributed by atoms with Crippen LogP contribution in [0.3, 0.4) is 0 Å².